The lowest BCUT2D eigenvalue weighted by atomic mass is 9.89. The molecule has 5 heteroatoms. The number of carbonyl (C=O) groups is 1. The van der Waals surface area contributed by atoms with E-state index in [4.69, 9.17) is 9.15 Å². The molecule has 0 saturated carbocycles. The first-order valence-electron chi connectivity index (χ1n) is 8.80. The van der Waals surface area contributed by atoms with Crippen molar-refractivity contribution in [2.45, 2.75) is 38.3 Å². The summed E-state index contributed by atoms with van der Waals surface area (Å²) >= 11 is 0. The fourth-order valence-corrected chi connectivity index (χ4v) is 4.13. The maximum atomic E-state index is 11.6. The zero-order chi connectivity index (χ0) is 16.5. The molecule has 0 radical (unpaired) electrons. The van der Waals surface area contributed by atoms with Gasteiger partial charge in [-0.1, -0.05) is 6.42 Å². The molecule has 2 fully saturated rings. The number of nitrogens with one attached hydrogen (secondary N) is 1. The Labute approximate surface area is 141 Å². The largest absolute Gasteiger partial charge is 0.497 e. The molecular weight excluding hydrogens is 304 g/mol. The van der Waals surface area contributed by atoms with Crippen LogP contribution < -0.4 is 10.1 Å². The first-order valence-corrected chi connectivity index (χ1v) is 8.80. The first kappa shape index (κ1) is 15.5. The molecule has 4 rings (SSSR count). The fourth-order valence-electron chi connectivity index (χ4n) is 4.13. The van der Waals surface area contributed by atoms with Gasteiger partial charge in [0.1, 0.15) is 17.1 Å². The number of likely N-dealkylation sites (tertiary alicyclic amines) is 1. The molecule has 3 heterocycles. The predicted octanol–water partition coefficient (Wildman–Crippen LogP) is 2.93. The van der Waals surface area contributed by atoms with Gasteiger partial charge in [0, 0.05) is 30.3 Å². The van der Waals surface area contributed by atoms with Crippen LogP contribution in [0.15, 0.2) is 28.7 Å². The SMILES string of the molecule is COc1ccc2oc(CN3CCCCC3C3CNC(=O)C3)cc2c1. The minimum atomic E-state index is 0.196. The van der Waals surface area contributed by atoms with Crippen LogP contribution in [0.3, 0.4) is 0 Å². The number of furan rings is 1. The van der Waals surface area contributed by atoms with E-state index in [2.05, 4.69) is 16.3 Å². The normalized spacial score (nSPS) is 25.1. The van der Waals surface area contributed by atoms with Crippen molar-refractivity contribution in [3.63, 3.8) is 0 Å². The van der Waals surface area contributed by atoms with Crippen LogP contribution in [0.5, 0.6) is 5.75 Å². The lowest BCUT2D eigenvalue weighted by Gasteiger charge is -2.38. The van der Waals surface area contributed by atoms with Crippen LogP contribution in [0.1, 0.15) is 31.4 Å². The van der Waals surface area contributed by atoms with Crippen LogP contribution in [0.25, 0.3) is 11.0 Å². The van der Waals surface area contributed by atoms with Crippen LogP contribution in [0.4, 0.5) is 0 Å². The molecule has 2 aliphatic rings. The highest BCUT2D eigenvalue weighted by Crippen LogP contribution is 2.30. The van der Waals surface area contributed by atoms with Crippen molar-refractivity contribution in [2.75, 3.05) is 20.2 Å². The van der Waals surface area contributed by atoms with Crippen molar-refractivity contribution in [1.29, 1.82) is 0 Å². The Balaban J connectivity index is 1.52. The number of piperidine rings is 1. The summed E-state index contributed by atoms with van der Waals surface area (Å²) in [5.41, 5.74) is 0.900. The first-order chi connectivity index (χ1) is 11.7. The van der Waals surface area contributed by atoms with Gasteiger partial charge in [-0.2, -0.15) is 0 Å². The van der Waals surface area contributed by atoms with E-state index in [1.165, 1.54) is 19.3 Å². The molecule has 0 spiro atoms. The highest BCUT2D eigenvalue weighted by Gasteiger charge is 2.34. The molecule has 2 aromatic rings. The molecule has 1 aromatic carbocycles. The summed E-state index contributed by atoms with van der Waals surface area (Å²) in [6.07, 6.45) is 4.31. The van der Waals surface area contributed by atoms with E-state index in [0.717, 1.165) is 42.1 Å². The average molecular weight is 328 g/mol. The molecule has 2 saturated heterocycles. The number of ether oxygens (including phenoxy) is 1. The number of nitrogens with zero attached hydrogens (tertiary/aromatic N) is 1. The van der Waals surface area contributed by atoms with E-state index in [-0.39, 0.29) is 5.91 Å². The zero-order valence-electron chi connectivity index (χ0n) is 14.1. The third-order valence-electron chi connectivity index (χ3n) is 5.35. The van der Waals surface area contributed by atoms with Crippen molar-refractivity contribution in [3.8, 4) is 5.75 Å². The lowest BCUT2D eigenvalue weighted by molar-refractivity contribution is -0.119. The maximum Gasteiger partial charge on any atom is 0.220 e. The van der Waals surface area contributed by atoms with Gasteiger partial charge in [-0.3, -0.25) is 9.69 Å². The Morgan fingerprint density at radius 3 is 3.04 bits per heavy atom. The zero-order valence-corrected chi connectivity index (χ0v) is 14.1. The second-order valence-corrected chi connectivity index (χ2v) is 6.92. The number of rotatable bonds is 4. The van der Waals surface area contributed by atoms with E-state index in [0.29, 0.717) is 18.4 Å². The average Bonchev–Trinajstić information content (AvgIpc) is 3.20. The number of hydrogen-bond donors (Lipinski definition) is 1. The van der Waals surface area contributed by atoms with Crippen LogP contribution in [0.2, 0.25) is 0 Å². The molecule has 128 valence electrons. The van der Waals surface area contributed by atoms with Crippen molar-refractivity contribution in [1.82, 2.24) is 10.2 Å². The van der Waals surface area contributed by atoms with Gasteiger partial charge < -0.3 is 14.5 Å². The molecule has 24 heavy (non-hydrogen) atoms. The monoisotopic (exact) mass is 328 g/mol. The van der Waals surface area contributed by atoms with Gasteiger partial charge in [-0.05, 0) is 43.7 Å². The van der Waals surface area contributed by atoms with Crippen molar-refractivity contribution >= 4 is 16.9 Å². The third-order valence-corrected chi connectivity index (χ3v) is 5.35. The van der Waals surface area contributed by atoms with Crippen LogP contribution in [-0.2, 0) is 11.3 Å². The van der Waals surface area contributed by atoms with Gasteiger partial charge in [-0.25, -0.2) is 0 Å². The van der Waals surface area contributed by atoms with Gasteiger partial charge in [0.2, 0.25) is 5.91 Å². The van der Waals surface area contributed by atoms with Gasteiger partial charge in [0.05, 0.1) is 13.7 Å². The Kier molecular flexibility index (Phi) is 4.19. The Morgan fingerprint density at radius 1 is 1.33 bits per heavy atom. The number of hydrogen-bond acceptors (Lipinski definition) is 4. The summed E-state index contributed by atoms with van der Waals surface area (Å²) in [5, 5.41) is 4.06. The number of amides is 1. The predicted molar refractivity (Wildman–Crippen MR) is 91.9 cm³/mol. The summed E-state index contributed by atoms with van der Waals surface area (Å²) in [6.45, 7) is 2.71. The van der Waals surface area contributed by atoms with E-state index >= 15 is 0 Å². The quantitative estimate of drug-likeness (QED) is 0.937. The molecular formula is C19H24N2O3. The summed E-state index contributed by atoms with van der Waals surface area (Å²) < 4.78 is 11.3. The molecule has 0 bridgehead atoms. The lowest BCUT2D eigenvalue weighted by Crippen LogP contribution is -2.44. The van der Waals surface area contributed by atoms with Gasteiger partial charge in [-0.15, -0.1) is 0 Å². The molecule has 1 aromatic heterocycles. The van der Waals surface area contributed by atoms with E-state index < -0.39 is 0 Å². The Hall–Kier alpha value is -2.01. The highest BCUT2D eigenvalue weighted by molar-refractivity contribution is 5.79. The highest BCUT2D eigenvalue weighted by atomic mass is 16.5. The standard InChI is InChI=1S/C19H24N2O3/c1-23-15-5-6-18-13(8-15)9-16(24-18)12-21-7-3-2-4-17(21)14-10-19(22)20-11-14/h5-6,8-9,14,17H,2-4,7,10-12H2,1H3,(H,20,22). The third kappa shape index (κ3) is 3.00. The second kappa shape index (κ2) is 6.48. The van der Waals surface area contributed by atoms with Crippen LogP contribution in [0, 0.1) is 5.92 Å². The van der Waals surface area contributed by atoms with Crippen molar-refractivity contribution in [2.24, 2.45) is 5.92 Å². The summed E-state index contributed by atoms with van der Waals surface area (Å²) in [7, 11) is 1.68. The molecule has 1 N–H and O–H groups in total. The molecule has 2 atom stereocenters. The molecule has 2 unspecified atom stereocenters. The Bertz CT molecular complexity index is 739. The minimum Gasteiger partial charge on any atom is -0.497 e. The van der Waals surface area contributed by atoms with Gasteiger partial charge in [0.15, 0.2) is 0 Å². The van der Waals surface area contributed by atoms with Crippen molar-refractivity contribution in [3.05, 3.63) is 30.0 Å². The number of benzene rings is 1. The fraction of sp³-hybridized carbons (Fsp3) is 0.526. The smallest absolute Gasteiger partial charge is 0.220 e. The summed E-state index contributed by atoms with van der Waals surface area (Å²) in [5.74, 6) is 2.47. The van der Waals surface area contributed by atoms with Crippen LogP contribution in [-0.4, -0.2) is 37.0 Å². The second-order valence-electron chi connectivity index (χ2n) is 6.92. The van der Waals surface area contributed by atoms with Gasteiger partial charge >= 0.3 is 0 Å². The minimum absolute atomic E-state index is 0.196. The van der Waals surface area contributed by atoms with E-state index in [1.807, 2.05) is 18.2 Å². The van der Waals surface area contributed by atoms with Gasteiger partial charge in [0.25, 0.3) is 0 Å². The molecule has 2 aliphatic heterocycles. The maximum absolute atomic E-state index is 11.6. The number of carbonyl (C=O) groups excluding carboxylic acids is 1. The molecule has 5 nitrogen and oxygen atoms in total. The van der Waals surface area contributed by atoms with Crippen LogP contribution >= 0.6 is 0 Å². The Morgan fingerprint density at radius 2 is 2.25 bits per heavy atom. The van der Waals surface area contributed by atoms with Crippen molar-refractivity contribution < 1.29 is 13.9 Å². The summed E-state index contributed by atoms with van der Waals surface area (Å²) in [6, 6.07) is 8.48. The van der Waals surface area contributed by atoms with E-state index in [9.17, 15) is 4.79 Å². The number of fused-ring (bicyclic) bond motifs is 1. The molecule has 0 aliphatic carbocycles. The molecule has 1 amide bonds. The topological polar surface area (TPSA) is 54.7 Å². The van der Waals surface area contributed by atoms with E-state index in [1.54, 1.807) is 7.11 Å². The summed E-state index contributed by atoms with van der Waals surface area (Å²) in [4.78, 5) is 14.1. The number of methoxy groups -OCH3 is 1.